The van der Waals surface area contributed by atoms with Gasteiger partial charge in [-0.1, -0.05) is 11.6 Å². The lowest BCUT2D eigenvalue weighted by Gasteiger charge is -2.13. The second-order valence-electron chi connectivity index (χ2n) is 3.89. The summed E-state index contributed by atoms with van der Waals surface area (Å²) in [5.41, 5.74) is 0.715. The lowest BCUT2D eigenvalue weighted by molar-refractivity contribution is 0.163. The molecule has 0 aliphatic heterocycles. The number of aliphatic hydroxyl groups excluding tert-OH is 1. The van der Waals surface area contributed by atoms with Gasteiger partial charge in [-0.15, -0.1) is 0 Å². The molecule has 1 atom stereocenters. The highest BCUT2D eigenvalue weighted by atomic mass is 35.5. The van der Waals surface area contributed by atoms with Gasteiger partial charge < -0.3 is 10.4 Å². The van der Waals surface area contributed by atoms with E-state index in [0.717, 1.165) is 6.54 Å². The van der Waals surface area contributed by atoms with Crippen LogP contribution in [0.25, 0.3) is 0 Å². The molecule has 1 heterocycles. The van der Waals surface area contributed by atoms with Crippen LogP contribution in [0.4, 0.5) is 0 Å². The molecule has 0 saturated heterocycles. The highest BCUT2D eigenvalue weighted by molar-refractivity contribution is 6.31. The minimum atomic E-state index is -0.569. The number of aromatic nitrogens is 2. The summed E-state index contributed by atoms with van der Waals surface area (Å²) in [7, 11) is 0. The molecule has 1 saturated carbocycles. The Morgan fingerprint density at radius 2 is 2.47 bits per heavy atom. The van der Waals surface area contributed by atoms with Crippen molar-refractivity contribution in [3.63, 3.8) is 0 Å². The summed E-state index contributed by atoms with van der Waals surface area (Å²) in [4.78, 5) is 0. The van der Waals surface area contributed by atoms with E-state index in [1.54, 1.807) is 10.9 Å². The minimum absolute atomic E-state index is 0.543. The normalized spacial score (nSPS) is 18.1. The van der Waals surface area contributed by atoms with Crippen LogP contribution < -0.4 is 5.32 Å². The molecular weight excluding hydrogens is 214 g/mol. The van der Waals surface area contributed by atoms with Gasteiger partial charge in [-0.05, 0) is 19.8 Å². The molecule has 0 amide bonds. The maximum absolute atomic E-state index is 9.97. The van der Waals surface area contributed by atoms with Crippen LogP contribution >= 0.6 is 11.6 Å². The van der Waals surface area contributed by atoms with Crippen molar-refractivity contribution in [2.24, 2.45) is 0 Å². The summed E-state index contributed by atoms with van der Waals surface area (Å²) in [6.07, 6.45) is 3.45. The van der Waals surface area contributed by atoms with Crippen LogP contribution in [-0.2, 0) is 6.54 Å². The second-order valence-corrected chi connectivity index (χ2v) is 4.30. The van der Waals surface area contributed by atoms with Crippen molar-refractivity contribution in [2.75, 3.05) is 6.54 Å². The highest BCUT2D eigenvalue weighted by Crippen LogP contribution is 2.24. The molecule has 1 aromatic rings. The number of hydrogen-bond donors (Lipinski definition) is 2. The summed E-state index contributed by atoms with van der Waals surface area (Å²) in [6.45, 7) is 3.26. The Morgan fingerprint density at radius 3 is 3.07 bits per heavy atom. The highest BCUT2D eigenvalue weighted by Gasteiger charge is 2.23. The van der Waals surface area contributed by atoms with Gasteiger partial charge in [-0.25, -0.2) is 0 Å². The van der Waals surface area contributed by atoms with Crippen LogP contribution in [0.1, 0.15) is 31.6 Å². The first-order chi connectivity index (χ1) is 7.22. The van der Waals surface area contributed by atoms with Crippen LogP contribution in [0.2, 0.25) is 5.02 Å². The average molecular weight is 230 g/mol. The third-order valence-corrected chi connectivity index (χ3v) is 2.92. The molecule has 0 radical (unpaired) electrons. The molecule has 1 aliphatic rings. The van der Waals surface area contributed by atoms with Gasteiger partial charge in [-0.3, -0.25) is 4.68 Å². The Kier molecular flexibility index (Phi) is 3.29. The first-order valence-corrected chi connectivity index (χ1v) is 5.72. The summed E-state index contributed by atoms with van der Waals surface area (Å²) in [5, 5.41) is 17.9. The lowest BCUT2D eigenvalue weighted by Crippen LogP contribution is -2.25. The average Bonchev–Trinajstić information content (AvgIpc) is 2.98. The van der Waals surface area contributed by atoms with Gasteiger partial charge in [-0.2, -0.15) is 5.10 Å². The Morgan fingerprint density at radius 1 is 1.73 bits per heavy atom. The molecular formula is C10H16ClN3O. The van der Waals surface area contributed by atoms with Crippen molar-refractivity contribution in [2.45, 2.75) is 38.5 Å². The molecule has 2 N–H and O–H groups in total. The summed E-state index contributed by atoms with van der Waals surface area (Å²) < 4.78 is 1.74. The van der Waals surface area contributed by atoms with Gasteiger partial charge >= 0.3 is 0 Å². The summed E-state index contributed by atoms with van der Waals surface area (Å²) in [5.74, 6) is 0. The van der Waals surface area contributed by atoms with E-state index in [4.69, 9.17) is 11.6 Å². The van der Waals surface area contributed by atoms with Gasteiger partial charge in [0.2, 0.25) is 0 Å². The van der Waals surface area contributed by atoms with Gasteiger partial charge in [0.1, 0.15) is 6.10 Å². The van der Waals surface area contributed by atoms with E-state index in [0.29, 0.717) is 23.3 Å². The summed E-state index contributed by atoms with van der Waals surface area (Å²) in [6, 6.07) is 0.594. The molecule has 0 spiro atoms. The molecule has 1 aromatic heterocycles. The van der Waals surface area contributed by atoms with Crippen LogP contribution in [0.15, 0.2) is 6.20 Å². The Bertz CT molecular complexity index is 335. The van der Waals surface area contributed by atoms with Crippen LogP contribution in [0.5, 0.6) is 0 Å². The van der Waals surface area contributed by atoms with Crippen molar-refractivity contribution in [3.8, 4) is 0 Å². The van der Waals surface area contributed by atoms with Gasteiger partial charge in [0, 0.05) is 19.1 Å². The quantitative estimate of drug-likeness (QED) is 0.801. The molecule has 0 bridgehead atoms. The number of aryl methyl sites for hydroxylation is 1. The Balaban J connectivity index is 2.01. The number of nitrogens with one attached hydrogen (secondary N) is 1. The topological polar surface area (TPSA) is 50.1 Å². The molecule has 84 valence electrons. The van der Waals surface area contributed by atoms with E-state index < -0.39 is 6.10 Å². The molecule has 2 rings (SSSR count). The zero-order valence-corrected chi connectivity index (χ0v) is 9.54. The Labute approximate surface area is 94.2 Å². The van der Waals surface area contributed by atoms with Crippen molar-refractivity contribution in [1.29, 1.82) is 0 Å². The lowest BCUT2D eigenvalue weighted by atomic mass is 10.2. The Hall–Kier alpha value is -0.580. The van der Waals surface area contributed by atoms with Crippen molar-refractivity contribution in [1.82, 2.24) is 15.1 Å². The smallest absolute Gasteiger partial charge is 0.110 e. The number of aliphatic hydroxyl groups is 1. The number of rotatable bonds is 5. The van der Waals surface area contributed by atoms with E-state index in [9.17, 15) is 5.11 Å². The van der Waals surface area contributed by atoms with E-state index in [1.165, 1.54) is 12.8 Å². The van der Waals surface area contributed by atoms with Crippen LogP contribution in [0, 0.1) is 0 Å². The van der Waals surface area contributed by atoms with Gasteiger partial charge in [0.05, 0.1) is 16.9 Å². The fourth-order valence-electron chi connectivity index (χ4n) is 1.62. The van der Waals surface area contributed by atoms with E-state index in [1.807, 2.05) is 6.92 Å². The predicted molar refractivity (Wildman–Crippen MR) is 58.9 cm³/mol. The maximum atomic E-state index is 9.97. The van der Waals surface area contributed by atoms with Crippen LogP contribution in [-0.4, -0.2) is 27.5 Å². The monoisotopic (exact) mass is 229 g/mol. The summed E-state index contributed by atoms with van der Waals surface area (Å²) >= 11 is 5.98. The van der Waals surface area contributed by atoms with Crippen molar-refractivity contribution < 1.29 is 5.11 Å². The third kappa shape index (κ3) is 2.51. The first kappa shape index (κ1) is 10.9. The third-order valence-electron chi connectivity index (χ3n) is 2.63. The van der Waals surface area contributed by atoms with E-state index in [-0.39, 0.29) is 0 Å². The van der Waals surface area contributed by atoms with E-state index >= 15 is 0 Å². The molecule has 4 nitrogen and oxygen atoms in total. The number of halogens is 1. The molecule has 15 heavy (non-hydrogen) atoms. The molecule has 1 fully saturated rings. The van der Waals surface area contributed by atoms with Crippen molar-refractivity contribution in [3.05, 3.63) is 16.9 Å². The van der Waals surface area contributed by atoms with Gasteiger partial charge in [0.25, 0.3) is 0 Å². The zero-order valence-electron chi connectivity index (χ0n) is 8.78. The second kappa shape index (κ2) is 4.51. The largest absolute Gasteiger partial charge is 0.385 e. The number of hydrogen-bond acceptors (Lipinski definition) is 3. The minimum Gasteiger partial charge on any atom is -0.385 e. The van der Waals surface area contributed by atoms with Gasteiger partial charge in [0.15, 0.2) is 0 Å². The molecule has 0 aromatic carbocycles. The molecule has 1 unspecified atom stereocenters. The predicted octanol–water partition coefficient (Wildman–Crippen LogP) is 1.34. The number of nitrogens with zero attached hydrogens (tertiary/aromatic N) is 2. The van der Waals surface area contributed by atoms with Crippen LogP contribution in [0.3, 0.4) is 0 Å². The maximum Gasteiger partial charge on any atom is 0.110 e. The van der Waals surface area contributed by atoms with E-state index in [2.05, 4.69) is 10.4 Å². The zero-order chi connectivity index (χ0) is 10.8. The fraction of sp³-hybridized carbons (Fsp3) is 0.700. The van der Waals surface area contributed by atoms with Crippen molar-refractivity contribution >= 4 is 11.6 Å². The standard InChI is InChI=1S/C10H16ClN3O/c1-2-14-10(8(11)5-13-14)9(15)6-12-7-3-4-7/h5,7,9,12,15H,2-4,6H2,1H3. The first-order valence-electron chi connectivity index (χ1n) is 5.35. The fourth-order valence-corrected chi connectivity index (χ4v) is 1.88. The molecule has 5 heteroatoms. The molecule has 1 aliphatic carbocycles. The SMILES string of the molecule is CCn1ncc(Cl)c1C(O)CNC1CC1.